The molecule has 0 saturated carbocycles. The van der Waals surface area contributed by atoms with Crippen molar-refractivity contribution in [2.45, 2.75) is 19.9 Å². The van der Waals surface area contributed by atoms with Crippen LogP contribution < -0.4 is 9.47 Å². The van der Waals surface area contributed by atoms with Gasteiger partial charge in [0.25, 0.3) is 0 Å². The smallest absolute Gasteiger partial charge is 0.242 e. The molecule has 34 heavy (non-hydrogen) atoms. The molecule has 0 bridgehead atoms. The molecule has 3 rings (SSSR count). The molecular weight excluding hydrogens is 434 g/mol. The Morgan fingerprint density at radius 1 is 0.941 bits per heavy atom. The fraction of sp³-hybridized carbons (Fsp3) is 0.385. The Kier molecular flexibility index (Phi) is 8.93. The highest BCUT2D eigenvalue weighted by molar-refractivity contribution is 5.85. The van der Waals surface area contributed by atoms with E-state index in [4.69, 9.17) is 14.2 Å². The maximum atomic E-state index is 13.4. The Hall–Kier alpha value is -3.52. The Morgan fingerprint density at radius 2 is 1.71 bits per heavy atom. The molecule has 3 aromatic rings. The zero-order valence-corrected chi connectivity index (χ0v) is 20.3. The Labute approximate surface area is 200 Å². The molecule has 0 saturated heterocycles. The molecule has 0 fully saturated rings. The summed E-state index contributed by atoms with van der Waals surface area (Å²) in [5.74, 6) is 0.953. The summed E-state index contributed by atoms with van der Waals surface area (Å²) >= 11 is 0. The van der Waals surface area contributed by atoms with Crippen LogP contribution in [0.5, 0.6) is 11.5 Å². The molecule has 8 heteroatoms. The van der Waals surface area contributed by atoms with Gasteiger partial charge in [-0.15, -0.1) is 0 Å². The van der Waals surface area contributed by atoms with E-state index in [1.807, 2.05) is 42.6 Å². The number of fused-ring (bicyclic) bond motifs is 1. The van der Waals surface area contributed by atoms with Gasteiger partial charge < -0.3 is 29.0 Å². The zero-order chi connectivity index (χ0) is 24.5. The van der Waals surface area contributed by atoms with Crippen LogP contribution in [0.2, 0.25) is 0 Å². The standard InChI is InChI=1S/C26H33N3O5/c1-19(30)28(13-14-32-2)18-26(31)29(17-20-9-10-24(33-3)25(15-20)34-4)12-11-21-16-27-23-8-6-5-7-22(21)23/h5-10,15-16,27H,11-14,17-18H2,1-4H3. The number of aromatic amines is 1. The number of hydrogen-bond donors (Lipinski definition) is 1. The first-order chi connectivity index (χ1) is 16.5. The molecule has 0 aliphatic rings. The summed E-state index contributed by atoms with van der Waals surface area (Å²) in [5, 5.41) is 1.14. The van der Waals surface area contributed by atoms with Crippen molar-refractivity contribution >= 4 is 22.7 Å². The zero-order valence-electron chi connectivity index (χ0n) is 20.3. The predicted molar refractivity (Wildman–Crippen MR) is 131 cm³/mol. The molecule has 0 radical (unpaired) electrons. The van der Waals surface area contributed by atoms with Gasteiger partial charge in [0.15, 0.2) is 11.5 Å². The first-order valence-corrected chi connectivity index (χ1v) is 11.2. The summed E-state index contributed by atoms with van der Waals surface area (Å²) in [6.07, 6.45) is 2.67. The summed E-state index contributed by atoms with van der Waals surface area (Å²) in [6, 6.07) is 13.7. The van der Waals surface area contributed by atoms with Crippen molar-refractivity contribution in [2.75, 3.05) is 47.6 Å². The summed E-state index contributed by atoms with van der Waals surface area (Å²) in [5.41, 5.74) is 3.12. The van der Waals surface area contributed by atoms with Crippen LogP contribution in [0.15, 0.2) is 48.7 Å². The molecule has 1 aromatic heterocycles. The van der Waals surface area contributed by atoms with Gasteiger partial charge in [-0.2, -0.15) is 0 Å². The monoisotopic (exact) mass is 467 g/mol. The lowest BCUT2D eigenvalue weighted by Gasteiger charge is -2.27. The fourth-order valence-electron chi connectivity index (χ4n) is 3.90. The predicted octanol–water partition coefficient (Wildman–Crippen LogP) is 3.25. The molecule has 1 heterocycles. The SMILES string of the molecule is COCCN(CC(=O)N(CCc1c[nH]c2ccccc12)Cc1ccc(OC)c(OC)c1)C(C)=O. The lowest BCUT2D eigenvalue weighted by molar-refractivity contribution is -0.140. The van der Waals surface area contributed by atoms with Crippen LogP contribution >= 0.6 is 0 Å². The minimum absolute atomic E-state index is 0.000131. The summed E-state index contributed by atoms with van der Waals surface area (Å²) in [4.78, 5) is 32.0. The van der Waals surface area contributed by atoms with E-state index in [1.165, 1.54) is 11.8 Å². The second kappa shape index (κ2) is 12.1. The number of methoxy groups -OCH3 is 3. The molecule has 8 nitrogen and oxygen atoms in total. The summed E-state index contributed by atoms with van der Waals surface area (Å²) < 4.78 is 15.9. The lowest BCUT2D eigenvalue weighted by atomic mass is 10.1. The fourth-order valence-corrected chi connectivity index (χ4v) is 3.90. The molecule has 0 aliphatic heterocycles. The number of ether oxygens (including phenoxy) is 3. The number of rotatable bonds is 12. The van der Waals surface area contributed by atoms with Crippen molar-refractivity contribution in [3.05, 3.63) is 59.8 Å². The van der Waals surface area contributed by atoms with Crippen molar-refractivity contribution in [3.63, 3.8) is 0 Å². The van der Waals surface area contributed by atoms with Gasteiger partial charge in [0, 0.05) is 50.8 Å². The number of nitrogens with zero attached hydrogens (tertiary/aromatic N) is 2. The third-order valence-corrected chi connectivity index (χ3v) is 5.84. The van der Waals surface area contributed by atoms with Crippen LogP contribution in [0, 0.1) is 0 Å². The van der Waals surface area contributed by atoms with Gasteiger partial charge >= 0.3 is 0 Å². The molecule has 0 spiro atoms. The van der Waals surface area contributed by atoms with Crippen LogP contribution in [0.25, 0.3) is 10.9 Å². The number of carbonyl (C=O) groups is 2. The van der Waals surface area contributed by atoms with E-state index in [2.05, 4.69) is 11.1 Å². The van der Waals surface area contributed by atoms with Crippen LogP contribution in [-0.4, -0.2) is 74.2 Å². The second-order valence-corrected chi connectivity index (χ2v) is 8.05. The quantitative estimate of drug-likeness (QED) is 0.442. The third-order valence-electron chi connectivity index (χ3n) is 5.84. The van der Waals surface area contributed by atoms with E-state index in [0.717, 1.165) is 22.0 Å². The molecular formula is C26H33N3O5. The van der Waals surface area contributed by atoms with Gasteiger partial charge in [0.1, 0.15) is 0 Å². The van der Waals surface area contributed by atoms with Crippen LogP contribution in [0.3, 0.4) is 0 Å². The first-order valence-electron chi connectivity index (χ1n) is 11.2. The van der Waals surface area contributed by atoms with Crippen LogP contribution in [-0.2, 0) is 27.3 Å². The highest BCUT2D eigenvalue weighted by Gasteiger charge is 2.20. The summed E-state index contributed by atoms with van der Waals surface area (Å²) in [6.45, 7) is 3.10. The van der Waals surface area contributed by atoms with Crippen molar-refractivity contribution in [1.29, 1.82) is 0 Å². The Morgan fingerprint density at radius 3 is 2.41 bits per heavy atom. The number of H-pyrrole nitrogens is 1. The van der Waals surface area contributed by atoms with E-state index in [1.54, 1.807) is 26.2 Å². The summed E-state index contributed by atoms with van der Waals surface area (Å²) in [7, 11) is 4.75. The van der Waals surface area contributed by atoms with E-state index >= 15 is 0 Å². The third kappa shape index (κ3) is 6.29. The minimum Gasteiger partial charge on any atom is -0.493 e. The van der Waals surface area contributed by atoms with Gasteiger partial charge in [-0.05, 0) is 35.7 Å². The van der Waals surface area contributed by atoms with Gasteiger partial charge in [-0.1, -0.05) is 24.3 Å². The maximum Gasteiger partial charge on any atom is 0.242 e. The minimum atomic E-state index is -0.159. The van der Waals surface area contributed by atoms with E-state index in [0.29, 0.717) is 44.2 Å². The van der Waals surface area contributed by atoms with Crippen LogP contribution in [0.4, 0.5) is 0 Å². The van der Waals surface area contributed by atoms with Crippen molar-refractivity contribution in [3.8, 4) is 11.5 Å². The number of hydrogen-bond acceptors (Lipinski definition) is 5. The molecule has 1 N–H and O–H groups in total. The molecule has 2 amide bonds. The lowest BCUT2D eigenvalue weighted by Crippen LogP contribution is -2.43. The molecule has 0 aliphatic carbocycles. The Balaban J connectivity index is 1.81. The van der Waals surface area contributed by atoms with E-state index in [9.17, 15) is 9.59 Å². The van der Waals surface area contributed by atoms with Gasteiger partial charge in [0.2, 0.25) is 11.8 Å². The number of benzene rings is 2. The molecule has 182 valence electrons. The van der Waals surface area contributed by atoms with Gasteiger partial charge in [-0.3, -0.25) is 9.59 Å². The van der Waals surface area contributed by atoms with Crippen molar-refractivity contribution in [1.82, 2.24) is 14.8 Å². The van der Waals surface area contributed by atoms with Crippen LogP contribution in [0.1, 0.15) is 18.1 Å². The number of carbonyl (C=O) groups excluding carboxylic acids is 2. The number of amides is 2. The Bertz CT molecular complexity index is 1110. The van der Waals surface area contributed by atoms with E-state index < -0.39 is 0 Å². The van der Waals surface area contributed by atoms with Crippen molar-refractivity contribution < 1.29 is 23.8 Å². The van der Waals surface area contributed by atoms with E-state index in [-0.39, 0.29) is 18.4 Å². The first kappa shape index (κ1) is 25.1. The average Bonchev–Trinajstić information content (AvgIpc) is 3.26. The van der Waals surface area contributed by atoms with Gasteiger partial charge in [-0.25, -0.2) is 0 Å². The maximum absolute atomic E-state index is 13.4. The highest BCUT2D eigenvalue weighted by atomic mass is 16.5. The topological polar surface area (TPSA) is 84.1 Å². The highest BCUT2D eigenvalue weighted by Crippen LogP contribution is 2.28. The molecule has 2 aromatic carbocycles. The average molecular weight is 468 g/mol. The molecule has 0 unspecified atom stereocenters. The second-order valence-electron chi connectivity index (χ2n) is 8.05. The van der Waals surface area contributed by atoms with Gasteiger partial charge in [0.05, 0.1) is 27.4 Å². The number of nitrogens with one attached hydrogen (secondary N) is 1. The largest absolute Gasteiger partial charge is 0.493 e. The molecule has 0 atom stereocenters. The number of aromatic nitrogens is 1. The number of para-hydroxylation sites is 1. The normalized spacial score (nSPS) is 10.8. The van der Waals surface area contributed by atoms with Crippen molar-refractivity contribution in [2.24, 2.45) is 0 Å².